The molecule has 60 heavy (non-hydrogen) atoms. The maximum Gasteiger partial charge on any atom is 0.306 e. The summed E-state index contributed by atoms with van der Waals surface area (Å²) in [5.41, 5.74) is 0. The Morgan fingerprint density at radius 2 is 1.02 bits per heavy atom. The summed E-state index contributed by atoms with van der Waals surface area (Å²) in [4.78, 5) is 12.8. The standard InChI is InChI=1S/C51H88O9/c1-3-5-7-9-11-13-15-17-19-21-22-23-25-27-29-31-33-35-37-39-41-57-43-45(44-58-51-50(56)49(55)48(54)46(42-52)60-51)59-47(53)40-38-36-34-32-30-28-26-24-20-18-16-14-12-10-8-6-4-2/h6,8,12,14,17-20,26,28,32,34,45-46,48-52,54-56H,3-5,7,9-11,13,15-16,21-25,27,29-31,33,35-44H2,1-2H3/b8-6-,14-12-,19-17-,20-18-,28-26-,34-32-. The van der Waals surface area contributed by atoms with Gasteiger partial charge in [-0.25, -0.2) is 0 Å². The topological polar surface area (TPSA) is 135 Å². The van der Waals surface area contributed by atoms with Crippen LogP contribution >= 0.6 is 0 Å². The first-order valence-electron chi connectivity index (χ1n) is 24.0. The summed E-state index contributed by atoms with van der Waals surface area (Å²) in [7, 11) is 0. The largest absolute Gasteiger partial charge is 0.457 e. The molecular formula is C51H88O9. The zero-order chi connectivity index (χ0) is 43.6. The van der Waals surface area contributed by atoms with Crippen LogP contribution in [0.2, 0.25) is 0 Å². The van der Waals surface area contributed by atoms with E-state index in [1.807, 2.05) is 0 Å². The molecule has 1 aliphatic heterocycles. The van der Waals surface area contributed by atoms with E-state index in [0.717, 1.165) is 51.4 Å². The van der Waals surface area contributed by atoms with E-state index < -0.39 is 43.4 Å². The third-order valence-electron chi connectivity index (χ3n) is 10.6. The van der Waals surface area contributed by atoms with Crippen molar-refractivity contribution in [2.45, 2.75) is 218 Å². The van der Waals surface area contributed by atoms with Crippen LogP contribution in [0.3, 0.4) is 0 Å². The first-order valence-corrected chi connectivity index (χ1v) is 24.0. The van der Waals surface area contributed by atoms with E-state index in [4.69, 9.17) is 18.9 Å². The number of rotatable bonds is 40. The molecule has 0 aromatic rings. The minimum atomic E-state index is -1.55. The summed E-state index contributed by atoms with van der Waals surface area (Å²) in [5.74, 6) is -0.371. The quantitative estimate of drug-likeness (QED) is 0.0270. The lowest BCUT2D eigenvalue weighted by atomic mass is 9.99. The fourth-order valence-corrected chi connectivity index (χ4v) is 6.87. The van der Waals surface area contributed by atoms with Gasteiger partial charge in [0.1, 0.15) is 30.5 Å². The Bertz CT molecular complexity index is 1140. The summed E-state index contributed by atoms with van der Waals surface area (Å²) in [6.45, 7) is 4.37. The predicted octanol–water partition coefficient (Wildman–Crippen LogP) is 11.3. The Balaban J connectivity index is 2.28. The summed E-state index contributed by atoms with van der Waals surface area (Å²) >= 11 is 0. The van der Waals surface area contributed by atoms with E-state index >= 15 is 0 Å². The molecule has 0 bridgehead atoms. The van der Waals surface area contributed by atoms with Gasteiger partial charge in [-0.3, -0.25) is 4.79 Å². The Hall–Kier alpha value is -2.37. The third-order valence-corrected chi connectivity index (χ3v) is 10.6. The van der Waals surface area contributed by atoms with Crippen LogP contribution in [0.4, 0.5) is 0 Å². The maximum atomic E-state index is 12.8. The molecule has 1 rings (SSSR count). The highest BCUT2D eigenvalue weighted by Crippen LogP contribution is 2.22. The lowest BCUT2D eigenvalue weighted by Crippen LogP contribution is -2.59. The van der Waals surface area contributed by atoms with Gasteiger partial charge in [-0.15, -0.1) is 0 Å². The van der Waals surface area contributed by atoms with Crippen molar-refractivity contribution in [3.63, 3.8) is 0 Å². The number of carbonyl (C=O) groups excluding carboxylic acids is 1. The van der Waals surface area contributed by atoms with Crippen LogP contribution < -0.4 is 0 Å². The molecule has 1 saturated heterocycles. The smallest absolute Gasteiger partial charge is 0.306 e. The highest BCUT2D eigenvalue weighted by molar-refractivity contribution is 5.69. The lowest BCUT2D eigenvalue weighted by molar-refractivity contribution is -0.305. The van der Waals surface area contributed by atoms with Gasteiger partial charge in [-0.2, -0.15) is 0 Å². The van der Waals surface area contributed by atoms with Crippen LogP contribution in [0.25, 0.3) is 0 Å². The van der Waals surface area contributed by atoms with Crippen molar-refractivity contribution >= 4 is 5.97 Å². The number of aliphatic hydroxyl groups excluding tert-OH is 4. The van der Waals surface area contributed by atoms with Gasteiger partial charge in [0.15, 0.2) is 6.29 Å². The van der Waals surface area contributed by atoms with Gasteiger partial charge >= 0.3 is 5.97 Å². The van der Waals surface area contributed by atoms with Crippen LogP contribution in [-0.2, 0) is 23.7 Å². The van der Waals surface area contributed by atoms with Crippen molar-refractivity contribution in [3.05, 3.63) is 72.9 Å². The second-order valence-corrected chi connectivity index (χ2v) is 16.2. The zero-order valence-electron chi connectivity index (χ0n) is 37.9. The highest BCUT2D eigenvalue weighted by atomic mass is 16.7. The highest BCUT2D eigenvalue weighted by Gasteiger charge is 2.44. The molecule has 6 atom stereocenters. The number of aliphatic hydroxyl groups is 4. The van der Waals surface area contributed by atoms with E-state index in [2.05, 4.69) is 86.8 Å². The van der Waals surface area contributed by atoms with Crippen LogP contribution in [-0.4, -0.2) is 89.6 Å². The van der Waals surface area contributed by atoms with Crippen molar-refractivity contribution in [3.8, 4) is 0 Å². The summed E-state index contributed by atoms with van der Waals surface area (Å²) in [6.07, 6.45) is 47.9. The predicted molar refractivity (Wildman–Crippen MR) is 247 cm³/mol. The molecule has 1 aliphatic rings. The summed E-state index contributed by atoms with van der Waals surface area (Å²) in [6, 6.07) is 0. The van der Waals surface area contributed by atoms with Gasteiger partial charge in [-0.05, 0) is 77.0 Å². The fourth-order valence-electron chi connectivity index (χ4n) is 6.87. The molecule has 0 saturated carbocycles. The monoisotopic (exact) mass is 845 g/mol. The Labute approximate surface area is 366 Å². The number of esters is 1. The molecule has 1 heterocycles. The normalized spacial score (nSPS) is 20.7. The van der Waals surface area contributed by atoms with Gasteiger partial charge in [-0.1, -0.05) is 170 Å². The molecule has 0 aromatic carbocycles. The molecule has 0 aromatic heterocycles. The van der Waals surface area contributed by atoms with E-state index in [1.165, 1.54) is 103 Å². The molecular weight excluding hydrogens is 757 g/mol. The number of allylic oxidation sites excluding steroid dienone is 12. The molecule has 0 spiro atoms. The number of carbonyl (C=O) groups is 1. The molecule has 0 aliphatic carbocycles. The molecule has 4 N–H and O–H groups in total. The van der Waals surface area contributed by atoms with E-state index in [-0.39, 0.29) is 25.6 Å². The summed E-state index contributed by atoms with van der Waals surface area (Å²) in [5, 5.41) is 40.2. The van der Waals surface area contributed by atoms with Crippen molar-refractivity contribution in [2.24, 2.45) is 0 Å². The number of hydrogen-bond donors (Lipinski definition) is 4. The first kappa shape index (κ1) is 55.6. The second-order valence-electron chi connectivity index (χ2n) is 16.2. The second kappa shape index (κ2) is 42.0. The van der Waals surface area contributed by atoms with Gasteiger partial charge in [0, 0.05) is 13.0 Å². The Kier molecular flexibility index (Phi) is 38.9. The molecule has 6 unspecified atom stereocenters. The van der Waals surface area contributed by atoms with E-state index in [0.29, 0.717) is 13.0 Å². The molecule has 346 valence electrons. The zero-order valence-corrected chi connectivity index (χ0v) is 37.9. The van der Waals surface area contributed by atoms with Crippen LogP contribution in [0.15, 0.2) is 72.9 Å². The van der Waals surface area contributed by atoms with Crippen LogP contribution in [0.5, 0.6) is 0 Å². The van der Waals surface area contributed by atoms with E-state index in [9.17, 15) is 25.2 Å². The minimum Gasteiger partial charge on any atom is -0.457 e. The fraction of sp³-hybridized carbons (Fsp3) is 0.745. The Morgan fingerprint density at radius 1 is 0.550 bits per heavy atom. The molecule has 0 amide bonds. The van der Waals surface area contributed by atoms with Gasteiger partial charge in [0.05, 0.1) is 19.8 Å². The maximum absolute atomic E-state index is 12.8. The minimum absolute atomic E-state index is 0.118. The number of hydrogen-bond acceptors (Lipinski definition) is 9. The number of ether oxygens (including phenoxy) is 4. The SMILES string of the molecule is CC/C=C\C/C=C\C/C=C\C/C=C\C/C=C\CCCC(=O)OC(COCCCCCCCCCCCC/C=C\CCCCCCCC)COC1OC(CO)C(O)C(O)C1O. The van der Waals surface area contributed by atoms with Crippen molar-refractivity contribution in [2.75, 3.05) is 26.4 Å². The van der Waals surface area contributed by atoms with Crippen LogP contribution in [0, 0.1) is 0 Å². The average Bonchev–Trinajstić information content (AvgIpc) is 3.25. The lowest BCUT2D eigenvalue weighted by Gasteiger charge is -2.39. The van der Waals surface area contributed by atoms with Crippen LogP contribution in [0.1, 0.15) is 181 Å². The van der Waals surface area contributed by atoms with Crippen molar-refractivity contribution < 1.29 is 44.2 Å². The molecule has 1 fully saturated rings. The van der Waals surface area contributed by atoms with E-state index in [1.54, 1.807) is 0 Å². The molecule has 9 nitrogen and oxygen atoms in total. The van der Waals surface area contributed by atoms with Crippen molar-refractivity contribution in [1.29, 1.82) is 0 Å². The molecule has 0 radical (unpaired) electrons. The molecule has 9 heteroatoms. The first-order chi connectivity index (χ1) is 29.4. The Morgan fingerprint density at radius 3 is 1.55 bits per heavy atom. The van der Waals surface area contributed by atoms with Gasteiger partial charge < -0.3 is 39.4 Å². The number of unbranched alkanes of at least 4 members (excludes halogenated alkanes) is 17. The average molecular weight is 845 g/mol. The van der Waals surface area contributed by atoms with Gasteiger partial charge in [0.2, 0.25) is 0 Å². The summed E-state index contributed by atoms with van der Waals surface area (Å²) < 4.78 is 22.8. The van der Waals surface area contributed by atoms with Crippen molar-refractivity contribution in [1.82, 2.24) is 0 Å². The van der Waals surface area contributed by atoms with Gasteiger partial charge in [0.25, 0.3) is 0 Å². The third kappa shape index (κ3) is 32.4.